The molecule has 2 aromatic rings. The molecule has 21 heavy (non-hydrogen) atoms. The molecule has 1 aromatic carbocycles. The Hall–Kier alpha value is -2.34. The van der Waals surface area contributed by atoms with Crippen molar-refractivity contribution in [1.29, 1.82) is 0 Å². The first-order valence-electron chi connectivity index (χ1n) is 6.78. The summed E-state index contributed by atoms with van der Waals surface area (Å²) in [6.07, 6.45) is 1.09. The second-order valence-corrected chi connectivity index (χ2v) is 4.47. The van der Waals surface area contributed by atoms with Crippen molar-refractivity contribution in [3.63, 3.8) is 0 Å². The van der Waals surface area contributed by atoms with E-state index in [0.717, 1.165) is 0 Å². The molecule has 0 saturated carbocycles. The fourth-order valence-corrected chi connectivity index (χ4v) is 1.95. The average molecular weight is 289 g/mol. The molecule has 0 unspecified atom stereocenters. The predicted molar refractivity (Wildman–Crippen MR) is 79.8 cm³/mol. The molecular formula is C15H19N3O3. The number of aromatic nitrogens is 2. The van der Waals surface area contributed by atoms with Gasteiger partial charge in [0.15, 0.2) is 11.5 Å². The van der Waals surface area contributed by atoms with Crippen LogP contribution in [0.25, 0.3) is 0 Å². The molecule has 1 heterocycles. The SMILES string of the molecule is COc1ccccc1OCCc1nc(CCN)cc(=O)[nH]1. The molecule has 0 amide bonds. The van der Waals surface area contributed by atoms with Crippen LogP contribution in [0.1, 0.15) is 11.5 Å². The van der Waals surface area contributed by atoms with Gasteiger partial charge in [-0.2, -0.15) is 0 Å². The summed E-state index contributed by atoms with van der Waals surface area (Å²) in [6.45, 7) is 0.864. The zero-order valence-corrected chi connectivity index (χ0v) is 12.0. The van der Waals surface area contributed by atoms with Gasteiger partial charge in [0.25, 0.3) is 5.56 Å². The summed E-state index contributed by atoms with van der Waals surface area (Å²) in [5.74, 6) is 1.94. The molecule has 6 heteroatoms. The fourth-order valence-electron chi connectivity index (χ4n) is 1.95. The molecule has 0 spiro atoms. The van der Waals surface area contributed by atoms with E-state index in [1.807, 2.05) is 24.3 Å². The van der Waals surface area contributed by atoms with E-state index in [4.69, 9.17) is 15.2 Å². The highest BCUT2D eigenvalue weighted by molar-refractivity contribution is 5.39. The van der Waals surface area contributed by atoms with Crippen LogP contribution in [-0.4, -0.2) is 30.2 Å². The number of para-hydroxylation sites is 2. The van der Waals surface area contributed by atoms with Crippen molar-refractivity contribution < 1.29 is 9.47 Å². The van der Waals surface area contributed by atoms with Gasteiger partial charge in [-0.1, -0.05) is 12.1 Å². The summed E-state index contributed by atoms with van der Waals surface area (Å²) in [7, 11) is 1.59. The summed E-state index contributed by atoms with van der Waals surface area (Å²) in [5.41, 5.74) is 6.01. The van der Waals surface area contributed by atoms with E-state index < -0.39 is 0 Å². The van der Waals surface area contributed by atoms with Crippen LogP contribution >= 0.6 is 0 Å². The Morgan fingerprint density at radius 3 is 2.71 bits per heavy atom. The third kappa shape index (κ3) is 4.32. The molecule has 0 bridgehead atoms. The van der Waals surface area contributed by atoms with E-state index in [2.05, 4.69) is 9.97 Å². The molecule has 0 aliphatic heterocycles. The number of methoxy groups -OCH3 is 1. The van der Waals surface area contributed by atoms with Crippen LogP contribution in [-0.2, 0) is 12.8 Å². The number of benzene rings is 1. The predicted octanol–water partition coefficient (Wildman–Crippen LogP) is 0.901. The maximum Gasteiger partial charge on any atom is 0.251 e. The highest BCUT2D eigenvalue weighted by Crippen LogP contribution is 2.25. The first-order chi connectivity index (χ1) is 10.2. The fraction of sp³-hybridized carbons (Fsp3) is 0.333. The van der Waals surface area contributed by atoms with Gasteiger partial charge in [0.1, 0.15) is 5.82 Å². The Kier molecular flexibility index (Phi) is 5.34. The average Bonchev–Trinajstić information content (AvgIpc) is 2.47. The van der Waals surface area contributed by atoms with Crippen molar-refractivity contribution in [1.82, 2.24) is 9.97 Å². The van der Waals surface area contributed by atoms with E-state index >= 15 is 0 Å². The van der Waals surface area contributed by atoms with Gasteiger partial charge in [-0.25, -0.2) is 4.98 Å². The third-order valence-electron chi connectivity index (χ3n) is 2.91. The molecule has 0 fully saturated rings. The Labute approximate surface area is 122 Å². The van der Waals surface area contributed by atoms with Crippen molar-refractivity contribution in [2.24, 2.45) is 5.73 Å². The standard InChI is InChI=1S/C15H19N3O3/c1-20-12-4-2-3-5-13(12)21-9-7-14-17-11(6-8-16)10-15(19)18-14/h2-5,10H,6-9,16H2,1H3,(H,17,18,19). The zero-order chi connectivity index (χ0) is 15.1. The third-order valence-corrected chi connectivity index (χ3v) is 2.91. The maximum atomic E-state index is 11.5. The van der Waals surface area contributed by atoms with E-state index in [-0.39, 0.29) is 5.56 Å². The Balaban J connectivity index is 1.98. The number of aromatic amines is 1. The van der Waals surface area contributed by atoms with Crippen molar-refractivity contribution in [2.75, 3.05) is 20.3 Å². The van der Waals surface area contributed by atoms with Gasteiger partial charge in [-0.3, -0.25) is 4.79 Å². The number of rotatable bonds is 7. The number of hydrogen-bond donors (Lipinski definition) is 2. The molecule has 0 aliphatic rings. The van der Waals surface area contributed by atoms with Gasteiger partial charge >= 0.3 is 0 Å². The quantitative estimate of drug-likeness (QED) is 0.790. The minimum absolute atomic E-state index is 0.166. The van der Waals surface area contributed by atoms with E-state index in [0.29, 0.717) is 49.0 Å². The molecule has 0 atom stereocenters. The van der Waals surface area contributed by atoms with Crippen molar-refractivity contribution in [2.45, 2.75) is 12.8 Å². The highest BCUT2D eigenvalue weighted by Gasteiger charge is 2.04. The Morgan fingerprint density at radius 1 is 1.24 bits per heavy atom. The van der Waals surface area contributed by atoms with Gasteiger partial charge in [-0.05, 0) is 18.7 Å². The van der Waals surface area contributed by atoms with Gasteiger partial charge in [0.05, 0.1) is 13.7 Å². The first-order valence-corrected chi connectivity index (χ1v) is 6.78. The molecule has 0 aliphatic carbocycles. The summed E-state index contributed by atoms with van der Waals surface area (Å²) in [6, 6.07) is 8.88. The Morgan fingerprint density at radius 2 is 2.00 bits per heavy atom. The largest absolute Gasteiger partial charge is 0.493 e. The van der Waals surface area contributed by atoms with Crippen LogP contribution in [0.15, 0.2) is 35.1 Å². The number of ether oxygens (including phenoxy) is 2. The van der Waals surface area contributed by atoms with Gasteiger partial charge in [0.2, 0.25) is 0 Å². The van der Waals surface area contributed by atoms with E-state index in [1.165, 1.54) is 6.07 Å². The number of hydrogen-bond acceptors (Lipinski definition) is 5. The molecule has 0 saturated heterocycles. The molecular weight excluding hydrogens is 270 g/mol. The summed E-state index contributed by atoms with van der Waals surface area (Å²) in [5, 5.41) is 0. The number of nitrogens with two attached hydrogens (primary N) is 1. The van der Waals surface area contributed by atoms with Gasteiger partial charge in [-0.15, -0.1) is 0 Å². The lowest BCUT2D eigenvalue weighted by molar-refractivity contribution is 0.295. The van der Waals surface area contributed by atoms with Gasteiger partial charge in [0, 0.05) is 24.6 Å². The topological polar surface area (TPSA) is 90.2 Å². The molecule has 6 nitrogen and oxygen atoms in total. The van der Waals surface area contributed by atoms with E-state index in [9.17, 15) is 4.79 Å². The van der Waals surface area contributed by atoms with Crippen LogP contribution in [0.5, 0.6) is 11.5 Å². The van der Waals surface area contributed by atoms with Crippen LogP contribution in [0.4, 0.5) is 0 Å². The lowest BCUT2D eigenvalue weighted by Gasteiger charge is -2.10. The molecule has 1 aromatic heterocycles. The van der Waals surface area contributed by atoms with E-state index in [1.54, 1.807) is 7.11 Å². The minimum atomic E-state index is -0.166. The normalized spacial score (nSPS) is 10.4. The lowest BCUT2D eigenvalue weighted by atomic mass is 10.3. The van der Waals surface area contributed by atoms with Crippen molar-refractivity contribution >= 4 is 0 Å². The number of H-pyrrole nitrogens is 1. The molecule has 112 valence electrons. The lowest BCUT2D eigenvalue weighted by Crippen LogP contribution is -2.17. The summed E-state index contributed by atoms with van der Waals surface area (Å²) >= 11 is 0. The minimum Gasteiger partial charge on any atom is -0.493 e. The van der Waals surface area contributed by atoms with Crippen LogP contribution in [0.3, 0.4) is 0 Å². The Bertz CT molecular complexity index is 640. The maximum absolute atomic E-state index is 11.5. The summed E-state index contributed by atoms with van der Waals surface area (Å²) < 4.78 is 10.9. The van der Waals surface area contributed by atoms with Crippen molar-refractivity contribution in [3.05, 3.63) is 52.2 Å². The second-order valence-electron chi connectivity index (χ2n) is 4.47. The highest BCUT2D eigenvalue weighted by atomic mass is 16.5. The van der Waals surface area contributed by atoms with Crippen molar-refractivity contribution in [3.8, 4) is 11.5 Å². The molecule has 0 radical (unpaired) electrons. The monoisotopic (exact) mass is 289 g/mol. The number of nitrogens with one attached hydrogen (secondary N) is 1. The smallest absolute Gasteiger partial charge is 0.251 e. The van der Waals surface area contributed by atoms with Gasteiger partial charge < -0.3 is 20.2 Å². The molecule has 2 rings (SSSR count). The second kappa shape index (κ2) is 7.44. The van der Waals surface area contributed by atoms with Crippen LogP contribution in [0, 0.1) is 0 Å². The zero-order valence-electron chi connectivity index (χ0n) is 12.0. The van der Waals surface area contributed by atoms with Crippen LogP contribution in [0.2, 0.25) is 0 Å². The first kappa shape index (κ1) is 15.1. The number of nitrogens with zero attached hydrogens (tertiary/aromatic N) is 1. The summed E-state index contributed by atoms with van der Waals surface area (Å²) in [4.78, 5) is 18.6. The van der Waals surface area contributed by atoms with Crippen LogP contribution < -0.4 is 20.8 Å². The molecule has 3 N–H and O–H groups in total.